The van der Waals surface area contributed by atoms with Crippen molar-refractivity contribution >= 4 is 17.9 Å². The number of rotatable bonds is 6. The van der Waals surface area contributed by atoms with Crippen molar-refractivity contribution in [3.05, 3.63) is 12.7 Å². The van der Waals surface area contributed by atoms with Gasteiger partial charge in [0.05, 0.1) is 6.42 Å². The summed E-state index contributed by atoms with van der Waals surface area (Å²) in [5.74, 6) is -3.52. The first-order valence-corrected chi connectivity index (χ1v) is 4.05. The van der Waals surface area contributed by atoms with Crippen LogP contribution in [0.15, 0.2) is 12.7 Å². The van der Waals surface area contributed by atoms with Crippen molar-refractivity contribution in [2.75, 3.05) is 6.61 Å². The molecule has 0 radical (unpaired) electrons. The smallest absolute Gasteiger partial charge is 0.333 e. The molecule has 1 unspecified atom stereocenters. The Hall–Kier alpha value is -1.89. The van der Waals surface area contributed by atoms with Crippen LogP contribution in [0.2, 0.25) is 0 Å². The van der Waals surface area contributed by atoms with Crippen LogP contribution >= 0.6 is 0 Å². The molecule has 0 bridgehead atoms. The van der Waals surface area contributed by atoms with E-state index < -0.39 is 30.4 Å². The summed E-state index contributed by atoms with van der Waals surface area (Å²) in [6.07, 6.45) is -1.08. The fourth-order valence-corrected chi connectivity index (χ4v) is 0.518. The number of carbonyl (C=O) groups is 3. The van der Waals surface area contributed by atoms with Crippen molar-refractivity contribution in [1.29, 1.82) is 0 Å². The van der Waals surface area contributed by atoms with Crippen molar-refractivity contribution in [2.45, 2.75) is 19.4 Å². The van der Waals surface area contributed by atoms with Crippen LogP contribution in [0.4, 0.5) is 0 Å². The van der Waals surface area contributed by atoms with Crippen molar-refractivity contribution in [3.8, 4) is 0 Å². The molecule has 0 spiro atoms. The molecule has 0 aromatic carbocycles. The normalized spacial score (nSPS) is 11.4. The van der Waals surface area contributed by atoms with Crippen LogP contribution in [-0.4, -0.2) is 45.9 Å². The largest absolute Gasteiger partial charge is 0.481 e. The predicted octanol–water partition coefficient (Wildman–Crippen LogP) is 0.208. The molecule has 0 rings (SSSR count). The Labute approximate surface area is 93.4 Å². The van der Waals surface area contributed by atoms with Gasteiger partial charge in [-0.15, -0.1) is 0 Å². The SMILES string of the molecule is C=CC(=O)O.[2H]CCOC(CC(=O)O)C(=O)O. The number of hydrogen-bond donors (Lipinski definition) is 3. The van der Waals surface area contributed by atoms with Crippen LogP contribution in [0.5, 0.6) is 0 Å². The molecule has 0 aliphatic rings. The standard InChI is InChI=1S/C6H10O5.C3H4O2/c1-2-11-4(6(9)10)3-5(7)8;1-2-3(4)5/h4H,2-3H2,1H3,(H,7,8)(H,9,10);2H,1H2,(H,4,5)/i1D;. The summed E-state index contributed by atoms with van der Waals surface area (Å²) >= 11 is 0. The van der Waals surface area contributed by atoms with Crippen molar-refractivity contribution in [1.82, 2.24) is 0 Å². The Balaban J connectivity index is 0. The summed E-state index contributed by atoms with van der Waals surface area (Å²) in [4.78, 5) is 29.6. The molecule has 0 amide bonds. The van der Waals surface area contributed by atoms with Crippen molar-refractivity contribution in [3.63, 3.8) is 0 Å². The Kier molecular flexibility index (Phi) is 8.52. The van der Waals surface area contributed by atoms with Crippen LogP contribution in [0.1, 0.15) is 14.7 Å². The number of aliphatic carboxylic acids is 3. The zero-order chi connectivity index (χ0) is 13.8. The van der Waals surface area contributed by atoms with Crippen molar-refractivity contribution in [2.24, 2.45) is 0 Å². The van der Waals surface area contributed by atoms with Gasteiger partial charge in [0.25, 0.3) is 0 Å². The second-order valence-electron chi connectivity index (χ2n) is 2.34. The van der Waals surface area contributed by atoms with Gasteiger partial charge >= 0.3 is 17.9 Å². The highest BCUT2D eigenvalue weighted by molar-refractivity contribution is 5.79. The molecule has 0 heterocycles. The predicted molar refractivity (Wildman–Crippen MR) is 53.1 cm³/mol. The zero-order valence-corrected chi connectivity index (χ0v) is 8.46. The Bertz CT molecular complexity index is 277. The van der Waals surface area contributed by atoms with Gasteiger partial charge in [-0.05, 0) is 6.90 Å². The van der Waals surface area contributed by atoms with E-state index in [0.29, 0.717) is 0 Å². The molecule has 0 aliphatic heterocycles. The molecule has 0 aromatic heterocycles. The second kappa shape index (κ2) is 9.66. The first kappa shape index (κ1) is 14.1. The lowest BCUT2D eigenvalue weighted by atomic mass is 10.2. The molecule has 92 valence electrons. The Morgan fingerprint density at radius 1 is 1.44 bits per heavy atom. The van der Waals surface area contributed by atoms with Gasteiger partial charge in [-0.2, -0.15) is 0 Å². The molecular formula is C9H14O7. The number of carboxylic acid groups (broad SMARTS) is 3. The maximum Gasteiger partial charge on any atom is 0.333 e. The molecule has 0 aromatic rings. The van der Waals surface area contributed by atoms with Gasteiger partial charge in [-0.25, -0.2) is 9.59 Å². The maximum absolute atomic E-state index is 10.3. The quantitative estimate of drug-likeness (QED) is 0.562. The van der Waals surface area contributed by atoms with Gasteiger partial charge < -0.3 is 20.1 Å². The number of carboxylic acids is 3. The lowest BCUT2D eigenvalue weighted by Gasteiger charge is -2.08. The van der Waals surface area contributed by atoms with Gasteiger partial charge in [-0.3, -0.25) is 4.79 Å². The summed E-state index contributed by atoms with van der Waals surface area (Å²) in [6, 6.07) is 0. The second-order valence-corrected chi connectivity index (χ2v) is 2.34. The molecule has 0 saturated heterocycles. The highest BCUT2D eigenvalue weighted by Crippen LogP contribution is 1.98. The molecule has 0 saturated carbocycles. The van der Waals surface area contributed by atoms with Gasteiger partial charge in [0.1, 0.15) is 0 Å². The fraction of sp³-hybridized carbons (Fsp3) is 0.444. The number of hydrogen-bond acceptors (Lipinski definition) is 4. The minimum Gasteiger partial charge on any atom is -0.481 e. The molecule has 7 nitrogen and oxygen atoms in total. The van der Waals surface area contributed by atoms with Crippen LogP contribution in [0.25, 0.3) is 0 Å². The summed E-state index contributed by atoms with van der Waals surface area (Å²) in [5, 5.41) is 24.2. The third kappa shape index (κ3) is 12.1. The van der Waals surface area contributed by atoms with E-state index in [1.807, 2.05) is 0 Å². The van der Waals surface area contributed by atoms with Crippen LogP contribution in [0.3, 0.4) is 0 Å². The van der Waals surface area contributed by atoms with E-state index in [1.165, 1.54) is 0 Å². The summed E-state index contributed by atoms with van der Waals surface area (Å²) in [7, 11) is 0. The highest BCUT2D eigenvalue weighted by Gasteiger charge is 2.20. The van der Waals surface area contributed by atoms with Crippen LogP contribution < -0.4 is 0 Å². The Morgan fingerprint density at radius 2 is 1.94 bits per heavy atom. The summed E-state index contributed by atoms with van der Waals surface area (Å²) in [6.45, 7) is 2.82. The third-order valence-electron chi connectivity index (χ3n) is 1.13. The monoisotopic (exact) mass is 235 g/mol. The fourth-order valence-electron chi connectivity index (χ4n) is 0.518. The molecular weight excluding hydrogens is 220 g/mol. The summed E-state index contributed by atoms with van der Waals surface area (Å²) in [5.41, 5.74) is 0. The minimum atomic E-state index is -1.34. The molecule has 7 heteroatoms. The van der Waals surface area contributed by atoms with Crippen molar-refractivity contribution < 1.29 is 35.8 Å². The van der Waals surface area contributed by atoms with Gasteiger partial charge in [0.15, 0.2) is 6.10 Å². The molecule has 3 N–H and O–H groups in total. The lowest BCUT2D eigenvalue weighted by molar-refractivity contribution is -0.156. The average molecular weight is 235 g/mol. The third-order valence-corrected chi connectivity index (χ3v) is 1.13. The molecule has 0 aliphatic carbocycles. The topological polar surface area (TPSA) is 121 Å². The maximum atomic E-state index is 10.3. The lowest BCUT2D eigenvalue weighted by Crippen LogP contribution is -2.26. The minimum absolute atomic E-state index is 0.0652. The zero-order valence-electron chi connectivity index (χ0n) is 9.46. The molecule has 16 heavy (non-hydrogen) atoms. The van der Waals surface area contributed by atoms with Crippen LogP contribution in [-0.2, 0) is 19.1 Å². The van der Waals surface area contributed by atoms with Gasteiger partial charge in [0.2, 0.25) is 0 Å². The van der Waals surface area contributed by atoms with E-state index in [0.717, 1.165) is 6.08 Å². The average Bonchev–Trinajstić information content (AvgIpc) is 2.24. The molecule has 1 atom stereocenters. The van der Waals surface area contributed by atoms with Gasteiger partial charge in [-0.1, -0.05) is 6.58 Å². The number of ether oxygens (including phenoxy) is 1. The Morgan fingerprint density at radius 3 is 2.19 bits per heavy atom. The van der Waals surface area contributed by atoms with E-state index in [1.54, 1.807) is 0 Å². The first-order valence-electron chi connectivity index (χ1n) is 4.76. The summed E-state index contributed by atoms with van der Waals surface area (Å²) < 4.78 is 11.2. The van der Waals surface area contributed by atoms with Crippen LogP contribution in [0, 0.1) is 0 Å². The van der Waals surface area contributed by atoms with E-state index in [-0.39, 0.29) is 13.5 Å². The van der Waals surface area contributed by atoms with E-state index in [9.17, 15) is 14.4 Å². The van der Waals surface area contributed by atoms with E-state index >= 15 is 0 Å². The van der Waals surface area contributed by atoms with E-state index in [2.05, 4.69) is 11.3 Å². The highest BCUT2D eigenvalue weighted by atomic mass is 16.5. The van der Waals surface area contributed by atoms with Gasteiger partial charge in [0, 0.05) is 14.1 Å². The van der Waals surface area contributed by atoms with E-state index in [4.69, 9.17) is 16.7 Å². The first-order chi connectivity index (χ1) is 7.84. The molecule has 0 fully saturated rings.